The Hall–Kier alpha value is -1.10. The summed E-state index contributed by atoms with van der Waals surface area (Å²) in [4.78, 5) is 23.9. The van der Waals surface area contributed by atoms with Crippen molar-refractivity contribution < 1.29 is 9.59 Å². The van der Waals surface area contributed by atoms with Crippen molar-refractivity contribution in [2.45, 2.75) is 25.3 Å². The molecule has 1 unspecified atom stereocenters. The van der Waals surface area contributed by atoms with E-state index in [2.05, 4.69) is 5.32 Å². The van der Waals surface area contributed by atoms with Gasteiger partial charge in [-0.15, -0.1) is 0 Å². The van der Waals surface area contributed by atoms with E-state index in [1.54, 1.807) is 4.90 Å². The highest BCUT2D eigenvalue weighted by Crippen LogP contribution is 2.18. The van der Waals surface area contributed by atoms with Crippen LogP contribution in [0.1, 0.15) is 19.3 Å². The summed E-state index contributed by atoms with van der Waals surface area (Å²) in [5, 5.41) is 2.97. The Bertz CT molecular complexity index is 230. The minimum absolute atomic E-state index is 0.0373. The van der Waals surface area contributed by atoms with Gasteiger partial charge in [-0.25, -0.2) is 0 Å². The lowest BCUT2D eigenvalue weighted by Gasteiger charge is -2.38. The monoisotopic (exact) mass is 199 g/mol. The Kier molecular flexibility index (Phi) is 3.88. The van der Waals surface area contributed by atoms with Crippen LogP contribution in [-0.4, -0.2) is 42.9 Å². The molecule has 0 spiro atoms. The van der Waals surface area contributed by atoms with Crippen LogP contribution in [0.3, 0.4) is 0 Å². The summed E-state index contributed by atoms with van der Waals surface area (Å²) in [6.07, 6.45) is 2.01. The Morgan fingerprint density at radius 1 is 1.57 bits per heavy atom. The van der Waals surface area contributed by atoms with Gasteiger partial charge in [-0.1, -0.05) is 0 Å². The molecular weight excluding hydrogens is 182 g/mol. The molecule has 1 heterocycles. The van der Waals surface area contributed by atoms with E-state index in [9.17, 15) is 9.59 Å². The van der Waals surface area contributed by atoms with Gasteiger partial charge in [-0.2, -0.15) is 0 Å². The van der Waals surface area contributed by atoms with Crippen molar-refractivity contribution in [2.24, 2.45) is 5.73 Å². The standard InChI is InChI=1S/C9H17N3O2/c1-11-5-2-3-8(13)12-6-4-7(12)9(10)14/h7,11H,2-6H2,1H3,(H2,10,14). The van der Waals surface area contributed by atoms with Crippen molar-refractivity contribution in [2.75, 3.05) is 20.1 Å². The molecule has 0 bridgehead atoms. The number of hydrogen-bond donors (Lipinski definition) is 2. The first-order valence-electron chi connectivity index (χ1n) is 4.90. The van der Waals surface area contributed by atoms with Crippen molar-refractivity contribution in [3.8, 4) is 0 Å². The molecule has 0 aromatic rings. The highest BCUT2D eigenvalue weighted by molar-refractivity contribution is 5.88. The SMILES string of the molecule is CNCCCC(=O)N1CCC1C(N)=O. The van der Waals surface area contributed by atoms with E-state index in [1.165, 1.54) is 0 Å². The van der Waals surface area contributed by atoms with Gasteiger partial charge < -0.3 is 16.0 Å². The molecule has 0 aromatic carbocycles. The van der Waals surface area contributed by atoms with Gasteiger partial charge >= 0.3 is 0 Å². The summed E-state index contributed by atoms with van der Waals surface area (Å²) in [6.45, 7) is 1.49. The second kappa shape index (κ2) is 4.95. The summed E-state index contributed by atoms with van der Waals surface area (Å²) in [7, 11) is 1.85. The summed E-state index contributed by atoms with van der Waals surface area (Å²) >= 11 is 0. The summed E-state index contributed by atoms with van der Waals surface area (Å²) in [5.74, 6) is -0.353. The van der Waals surface area contributed by atoms with Crippen LogP contribution in [0.5, 0.6) is 0 Å². The predicted octanol–water partition coefficient (Wildman–Crippen LogP) is -0.928. The summed E-state index contributed by atoms with van der Waals surface area (Å²) in [5.41, 5.74) is 5.14. The van der Waals surface area contributed by atoms with Gasteiger partial charge in [0.25, 0.3) is 0 Å². The number of carbonyl (C=O) groups excluding carboxylic acids is 2. The number of nitrogens with one attached hydrogen (secondary N) is 1. The molecule has 0 radical (unpaired) electrons. The van der Waals surface area contributed by atoms with Crippen molar-refractivity contribution in [1.82, 2.24) is 10.2 Å². The Balaban J connectivity index is 2.27. The van der Waals surface area contributed by atoms with Gasteiger partial charge in [0.15, 0.2) is 0 Å². The molecule has 0 saturated carbocycles. The van der Waals surface area contributed by atoms with Crippen LogP contribution in [-0.2, 0) is 9.59 Å². The van der Waals surface area contributed by atoms with Gasteiger partial charge in [-0.3, -0.25) is 9.59 Å². The molecule has 80 valence electrons. The van der Waals surface area contributed by atoms with Crippen LogP contribution in [0.15, 0.2) is 0 Å². The molecule has 1 fully saturated rings. The molecule has 3 N–H and O–H groups in total. The number of nitrogens with zero attached hydrogens (tertiary/aromatic N) is 1. The normalized spacial score (nSPS) is 20.4. The van der Waals surface area contributed by atoms with E-state index >= 15 is 0 Å². The second-order valence-corrected chi connectivity index (χ2v) is 3.50. The van der Waals surface area contributed by atoms with Crippen LogP contribution in [0.4, 0.5) is 0 Å². The first-order chi connectivity index (χ1) is 6.66. The van der Waals surface area contributed by atoms with Crippen LogP contribution in [0.2, 0.25) is 0 Å². The third-order valence-electron chi connectivity index (χ3n) is 2.49. The average Bonchev–Trinajstić information content (AvgIpc) is 2.01. The van der Waals surface area contributed by atoms with Gasteiger partial charge in [0, 0.05) is 13.0 Å². The van der Waals surface area contributed by atoms with E-state index in [1.807, 2.05) is 7.05 Å². The average molecular weight is 199 g/mol. The Morgan fingerprint density at radius 2 is 2.29 bits per heavy atom. The zero-order valence-electron chi connectivity index (χ0n) is 8.45. The minimum atomic E-state index is -0.391. The first-order valence-corrected chi connectivity index (χ1v) is 4.90. The molecule has 5 heteroatoms. The highest BCUT2D eigenvalue weighted by Gasteiger charge is 2.35. The van der Waals surface area contributed by atoms with E-state index < -0.39 is 5.91 Å². The number of primary amides is 1. The van der Waals surface area contributed by atoms with Crippen LogP contribution >= 0.6 is 0 Å². The van der Waals surface area contributed by atoms with Gasteiger partial charge in [0.1, 0.15) is 6.04 Å². The van der Waals surface area contributed by atoms with Gasteiger partial charge in [0.05, 0.1) is 0 Å². The fraction of sp³-hybridized carbons (Fsp3) is 0.778. The summed E-state index contributed by atoms with van der Waals surface area (Å²) in [6, 6.07) is -0.350. The lowest BCUT2D eigenvalue weighted by atomic mass is 10.0. The van der Waals surface area contributed by atoms with Crippen molar-refractivity contribution >= 4 is 11.8 Å². The molecule has 2 amide bonds. The number of amides is 2. The number of likely N-dealkylation sites (tertiary alicyclic amines) is 1. The zero-order valence-corrected chi connectivity index (χ0v) is 8.45. The van der Waals surface area contributed by atoms with E-state index in [0.717, 1.165) is 13.0 Å². The largest absolute Gasteiger partial charge is 0.368 e. The maximum atomic E-state index is 11.5. The molecule has 1 aliphatic rings. The molecule has 1 rings (SSSR count). The van der Waals surface area contributed by atoms with E-state index in [4.69, 9.17) is 5.73 Å². The quantitative estimate of drug-likeness (QED) is 0.562. The third-order valence-corrected chi connectivity index (χ3v) is 2.49. The van der Waals surface area contributed by atoms with Crippen LogP contribution in [0.25, 0.3) is 0 Å². The number of carbonyl (C=O) groups is 2. The molecule has 0 aliphatic carbocycles. The van der Waals surface area contributed by atoms with Gasteiger partial charge in [-0.05, 0) is 26.4 Å². The highest BCUT2D eigenvalue weighted by atomic mass is 16.2. The fourth-order valence-electron chi connectivity index (χ4n) is 1.54. The minimum Gasteiger partial charge on any atom is -0.368 e. The molecule has 1 saturated heterocycles. The Morgan fingerprint density at radius 3 is 2.71 bits per heavy atom. The van der Waals surface area contributed by atoms with E-state index in [-0.39, 0.29) is 11.9 Å². The maximum absolute atomic E-state index is 11.5. The molecule has 14 heavy (non-hydrogen) atoms. The zero-order chi connectivity index (χ0) is 10.6. The van der Waals surface area contributed by atoms with Gasteiger partial charge in [0.2, 0.25) is 11.8 Å². The number of nitrogens with two attached hydrogens (primary N) is 1. The lowest BCUT2D eigenvalue weighted by Crippen LogP contribution is -2.57. The first kappa shape index (κ1) is 11.0. The molecule has 0 aromatic heterocycles. The lowest BCUT2D eigenvalue weighted by molar-refractivity contribution is -0.146. The molecular formula is C9H17N3O2. The maximum Gasteiger partial charge on any atom is 0.240 e. The summed E-state index contributed by atoms with van der Waals surface area (Å²) < 4.78 is 0. The molecule has 1 atom stereocenters. The number of rotatable bonds is 5. The second-order valence-electron chi connectivity index (χ2n) is 3.50. The van der Waals surface area contributed by atoms with Crippen molar-refractivity contribution in [3.63, 3.8) is 0 Å². The van der Waals surface area contributed by atoms with E-state index in [0.29, 0.717) is 19.4 Å². The molecule has 1 aliphatic heterocycles. The van der Waals surface area contributed by atoms with Crippen molar-refractivity contribution in [3.05, 3.63) is 0 Å². The third kappa shape index (κ3) is 2.45. The van der Waals surface area contributed by atoms with Crippen molar-refractivity contribution in [1.29, 1.82) is 0 Å². The molecule has 5 nitrogen and oxygen atoms in total. The van der Waals surface area contributed by atoms with Crippen LogP contribution in [0, 0.1) is 0 Å². The fourth-order valence-corrected chi connectivity index (χ4v) is 1.54. The predicted molar refractivity (Wildman–Crippen MR) is 52.5 cm³/mol. The van der Waals surface area contributed by atoms with Crippen LogP contribution < -0.4 is 11.1 Å². The number of hydrogen-bond acceptors (Lipinski definition) is 3. The Labute approximate surface area is 83.6 Å². The smallest absolute Gasteiger partial charge is 0.240 e. The topological polar surface area (TPSA) is 75.4 Å².